The normalized spacial score (nSPS) is 10.0. The molecule has 0 aliphatic carbocycles. The second-order valence-corrected chi connectivity index (χ2v) is 4.10. The topological polar surface area (TPSA) is 65.9 Å². The van der Waals surface area contributed by atoms with Crippen LogP contribution in [0.4, 0.5) is 0 Å². The lowest BCUT2D eigenvalue weighted by atomic mass is 10.1. The smallest absolute Gasteiger partial charge is 0.422 e. The zero-order valence-electron chi connectivity index (χ0n) is 10.9. The third-order valence-electron chi connectivity index (χ3n) is 2.29. The maximum Gasteiger partial charge on any atom is 0.422 e. The molecule has 0 radical (unpaired) electrons. The van der Waals surface area contributed by atoms with Crippen molar-refractivity contribution < 1.29 is 14.3 Å². The Morgan fingerprint density at radius 3 is 2.39 bits per heavy atom. The molecule has 1 aromatic rings. The predicted octanol–water partition coefficient (Wildman–Crippen LogP) is 1.33. The van der Waals surface area contributed by atoms with E-state index in [0.29, 0.717) is 5.56 Å². The fourth-order valence-corrected chi connectivity index (χ4v) is 1.55. The fourth-order valence-electron chi connectivity index (χ4n) is 1.55. The number of carbonyl (C=O) groups excluding carboxylic acids is 1. The minimum atomic E-state index is -0.625. The molecule has 0 amide bonds. The number of benzene rings is 1. The third kappa shape index (κ3) is 3.80. The molecule has 0 saturated heterocycles. The number of carbonyl (C=O) groups is 1. The van der Waals surface area contributed by atoms with Crippen molar-refractivity contribution in [1.82, 2.24) is 4.90 Å². The van der Waals surface area contributed by atoms with Gasteiger partial charge in [0.15, 0.2) is 0 Å². The number of esters is 1. The highest BCUT2D eigenvalue weighted by Gasteiger charge is 2.23. The standard InChI is InChI=1S/C13H17N3O2/c1-4-18-13(17)12(15-14)11-7-5-10(6-8-11)9-16(2)3/h5-8H,4,9H2,1-3H3. The molecule has 0 aliphatic rings. The van der Waals surface area contributed by atoms with E-state index in [9.17, 15) is 4.79 Å². The Morgan fingerprint density at radius 2 is 1.94 bits per heavy atom. The molecule has 96 valence electrons. The highest BCUT2D eigenvalue weighted by Crippen LogP contribution is 2.07. The molecular weight excluding hydrogens is 230 g/mol. The second kappa shape index (κ2) is 6.69. The van der Waals surface area contributed by atoms with Crippen LogP contribution in [0.25, 0.3) is 5.53 Å². The molecular formula is C13H17N3O2. The van der Waals surface area contributed by atoms with Gasteiger partial charge in [-0.15, -0.1) is 0 Å². The summed E-state index contributed by atoms with van der Waals surface area (Å²) < 4.78 is 4.81. The third-order valence-corrected chi connectivity index (χ3v) is 2.29. The zero-order chi connectivity index (χ0) is 13.5. The van der Waals surface area contributed by atoms with Gasteiger partial charge in [0.2, 0.25) is 0 Å². The molecule has 18 heavy (non-hydrogen) atoms. The van der Waals surface area contributed by atoms with Crippen LogP contribution in [0.3, 0.4) is 0 Å². The van der Waals surface area contributed by atoms with Crippen molar-refractivity contribution in [1.29, 1.82) is 0 Å². The van der Waals surface area contributed by atoms with Gasteiger partial charge in [-0.05, 0) is 38.7 Å². The number of ether oxygens (including phenoxy) is 1. The van der Waals surface area contributed by atoms with Gasteiger partial charge in [-0.25, -0.2) is 4.79 Å². The molecule has 0 heterocycles. The van der Waals surface area contributed by atoms with Crippen LogP contribution in [0.1, 0.15) is 18.1 Å². The Labute approximate surface area is 107 Å². The summed E-state index contributed by atoms with van der Waals surface area (Å²) in [5.74, 6) is -0.625. The molecule has 1 aromatic carbocycles. The van der Waals surface area contributed by atoms with Crippen LogP contribution < -0.4 is 0 Å². The van der Waals surface area contributed by atoms with Crippen LogP contribution >= 0.6 is 0 Å². The average Bonchev–Trinajstić information content (AvgIpc) is 2.32. The van der Waals surface area contributed by atoms with E-state index in [1.807, 2.05) is 31.1 Å². The molecule has 0 aliphatic heterocycles. The van der Waals surface area contributed by atoms with Gasteiger partial charge in [0.05, 0.1) is 12.2 Å². The van der Waals surface area contributed by atoms with Gasteiger partial charge in [-0.2, -0.15) is 4.79 Å². The van der Waals surface area contributed by atoms with Crippen molar-refractivity contribution in [3.05, 3.63) is 40.9 Å². The summed E-state index contributed by atoms with van der Waals surface area (Å²) >= 11 is 0. The Balaban J connectivity index is 2.89. The van der Waals surface area contributed by atoms with Gasteiger partial charge < -0.3 is 15.2 Å². The SMILES string of the molecule is CCOC(=O)C(=[N+]=[N-])c1ccc(CN(C)C)cc1. The van der Waals surface area contributed by atoms with Crippen LogP contribution in [0, 0.1) is 0 Å². The van der Waals surface area contributed by atoms with Crippen molar-refractivity contribution >= 4 is 11.7 Å². The van der Waals surface area contributed by atoms with Gasteiger partial charge in [0.1, 0.15) is 0 Å². The largest absolute Gasteiger partial charge is 0.457 e. The van der Waals surface area contributed by atoms with E-state index in [0.717, 1.165) is 12.1 Å². The lowest BCUT2D eigenvalue weighted by Gasteiger charge is -2.09. The van der Waals surface area contributed by atoms with Gasteiger partial charge in [0, 0.05) is 6.54 Å². The molecule has 0 bridgehead atoms. The van der Waals surface area contributed by atoms with Crippen LogP contribution in [-0.2, 0) is 16.1 Å². The lowest BCUT2D eigenvalue weighted by Crippen LogP contribution is -2.20. The molecule has 0 aromatic heterocycles. The quantitative estimate of drug-likeness (QED) is 0.341. The van der Waals surface area contributed by atoms with Gasteiger partial charge >= 0.3 is 11.7 Å². The maximum absolute atomic E-state index is 11.5. The van der Waals surface area contributed by atoms with E-state index in [2.05, 4.69) is 4.79 Å². The number of hydrogen-bond acceptors (Lipinski definition) is 3. The van der Waals surface area contributed by atoms with Gasteiger partial charge in [0.25, 0.3) is 0 Å². The highest BCUT2D eigenvalue weighted by atomic mass is 16.5. The molecule has 1 rings (SSSR count). The fraction of sp³-hybridized carbons (Fsp3) is 0.385. The van der Waals surface area contributed by atoms with Crippen LogP contribution in [-0.4, -0.2) is 42.1 Å². The molecule has 0 fully saturated rings. The second-order valence-electron chi connectivity index (χ2n) is 4.10. The van der Waals surface area contributed by atoms with Gasteiger partial charge in [-0.1, -0.05) is 12.1 Å². The first kappa shape index (κ1) is 14.1. The van der Waals surface area contributed by atoms with E-state index < -0.39 is 5.97 Å². The predicted molar refractivity (Wildman–Crippen MR) is 68.2 cm³/mol. The summed E-state index contributed by atoms with van der Waals surface area (Å²) in [6.45, 7) is 2.76. The van der Waals surface area contributed by atoms with E-state index in [4.69, 9.17) is 10.3 Å². The number of hydrogen-bond donors (Lipinski definition) is 0. The van der Waals surface area contributed by atoms with Gasteiger partial charge in [-0.3, -0.25) is 0 Å². The summed E-state index contributed by atoms with van der Waals surface area (Å²) in [5.41, 5.74) is 10.5. The van der Waals surface area contributed by atoms with Crippen molar-refractivity contribution in [2.75, 3.05) is 20.7 Å². The molecule has 0 unspecified atom stereocenters. The first-order chi connectivity index (χ1) is 8.58. The van der Waals surface area contributed by atoms with Crippen LogP contribution in [0.5, 0.6) is 0 Å². The Kier molecular flexibility index (Phi) is 5.24. The minimum Gasteiger partial charge on any atom is -0.457 e. The van der Waals surface area contributed by atoms with E-state index >= 15 is 0 Å². The molecule has 5 nitrogen and oxygen atoms in total. The van der Waals surface area contributed by atoms with Crippen molar-refractivity contribution in [2.45, 2.75) is 13.5 Å². The van der Waals surface area contributed by atoms with Crippen molar-refractivity contribution in [2.24, 2.45) is 0 Å². The van der Waals surface area contributed by atoms with Crippen molar-refractivity contribution in [3.8, 4) is 0 Å². The molecule has 0 saturated carbocycles. The summed E-state index contributed by atoms with van der Waals surface area (Å²) in [6.07, 6.45) is 0. The molecule has 0 spiro atoms. The highest BCUT2D eigenvalue weighted by molar-refractivity contribution is 6.40. The molecule has 0 atom stereocenters. The first-order valence-electron chi connectivity index (χ1n) is 5.71. The average molecular weight is 247 g/mol. The van der Waals surface area contributed by atoms with Crippen molar-refractivity contribution in [3.63, 3.8) is 0 Å². The number of nitrogens with zero attached hydrogens (tertiary/aromatic N) is 3. The molecule has 5 heteroatoms. The Bertz CT molecular complexity index is 460. The zero-order valence-corrected chi connectivity index (χ0v) is 10.9. The Morgan fingerprint density at radius 1 is 1.33 bits per heavy atom. The van der Waals surface area contributed by atoms with E-state index in [1.54, 1.807) is 19.1 Å². The Hall–Kier alpha value is -1.97. The van der Waals surface area contributed by atoms with E-state index in [-0.39, 0.29) is 12.3 Å². The monoisotopic (exact) mass is 247 g/mol. The summed E-state index contributed by atoms with van der Waals surface area (Å²) in [5, 5.41) is 0. The number of rotatable bonds is 5. The summed E-state index contributed by atoms with van der Waals surface area (Å²) in [6, 6.07) is 7.26. The summed E-state index contributed by atoms with van der Waals surface area (Å²) in [4.78, 5) is 16.6. The van der Waals surface area contributed by atoms with Crippen LogP contribution in [0.2, 0.25) is 0 Å². The van der Waals surface area contributed by atoms with E-state index in [1.165, 1.54) is 0 Å². The minimum absolute atomic E-state index is 0.0757. The lowest BCUT2D eigenvalue weighted by molar-refractivity contribution is -0.139. The van der Waals surface area contributed by atoms with Crippen LogP contribution in [0.15, 0.2) is 24.3 Å². The first-order valence-corrected chi connectivity index (χ1v) is 5.71. The summed E-state index contributed by atoms with van der Waals surface area (Å²) in [7, 11) is 3.96. The maximum atomic E-state index is 11.5. The molecule has 0 N–H and O–H groups in total.